The molecule has 12 heavy (non-hydrogen) atoms. The van der Waals surface area contributed by atoms with Gasteiger partial charge in [-0.25, -0.2) is 0 Å². The number of carbonyl (C=O) groups is 1. The molecule has 0 amide bonds. The number of hydrogen-bond acceptors (Lipinski definition) is 5. The van der Waals surface area contributed by atoms with Gasteiger partial charge in [-0.05, 0) is 5.16 Å². The molecule has 0 unspecified atom stereocenters. The van der Waals surface area contributed by atoms with Crippen molar-refractivity contribution in [2.45, 2.75) is 19.9 Å². The van der Waals surface area contributed by atoms with Crippen molar-refractivity contribution in [2.75, 3.05) is 0 Å². The van der Waals surface area contributed by atoms with Crippen LogP contribution in [0.25, 0.3) is 0 Å². The minimum Gasteiger partial charge on any atom is -0.404 e. The van der Waals surface area contributed by atoms with Crippen LogP contribution in [0.2, 0.25) is 0 Å². The molecular weight excluding hydrogens is 160 g/mol. The van der Waals surface area contributed by atoms with E-state index in [1.807, 2.05) is 0 Å². The summed E-state index contributed by atoms with van der Waals surface area (Å²) in [5.74, 6) is 0.322. The maximum atomic E-state index is 10.7. The van der Waals surface area contributed by atoms with Gasteiger partial charge in [0.2, 0.25) is 0 Å². The number of nitrogens with two attached hydrogens (primary N) is 1. The summed E-state index contributed by atoms with van der Waals surface area (Å²) in [6, 6.07) is 1.49. The summed E-state index contributed by atoms with van der Waals surface area (Å²) in [6.45, 7) is 1.95. The number of esters is 1. The van der Waals surface area contributed by atoms with Gasteiger partial charge in [-0.3, -0.25) is 4.79 Å². The fourth-order valence-corrected chi connectivity index (χ4v) is 0.627. The van der Waals surface area contributed by atoms with Crippen LogP contribution in [0.5, 0.6) is 5.88 Å². The zero-order valence-corrected chi connectivity index (χ0v) is 6.74. The maximum Gasteiger partial charge on any atom is 0.312 e. The molecule has 0 aromatic carbocycles. The van der Waals surface area contributed by atoms with Crippen molar-refractivity contribution in [1.82, 2.24) is 5.16 Å². The Morgan fingerprint density at radius 1 is 1.83 bits per heavy atom. The molecule has 1 rings (SSSR count). The van der Waals surface area contributed by atoms with Gasteiger partial charge in [-0.2, -0.15) is 0 Å². The summed E-state index contributed by atoms with van der Waals surface area (Å²) in [7, 11) is 0. The molecule has 0 spiro atoms. The van der Waals surface area contributed by atoms with Crippen LogP contribution in [0.4, 0.5) is 0 Å². The van der Waals surface area contributed by atoms with E-state index in [1.54, 1.807) is 6.92 Å². The van der Waals surface area contributed by atoms with E-state index in [0.717, 1.165) is 0 Å². The predicted molar refractivity (Wildman–Crippen MR) is 40.3 cm³/mol. The van der Waals surface area contributed by atoms with E-state index >= 15 is 0 Å². The highest BCUT2D eigenvalue weighted by Crippen LogP contribution is 2.10. The Balaban J connectivity index is 2.58. The quantitative estimate of drug-likeness (QED) is 0.666. The second-order valence-electron chi connectivity index (χ2n) is 2.16. The summed E-state index contributed by atoms with van der Waals surface area (Å²) >= 11 is 0. The molecule has 0 aliphatic rings. The van der Waals surface area contributed by atoms with Crippen molar-refractivity contribution in [3.63, 3.8) is 0 Å². The first-order chi connectivity index (χ1) is 5.76. The van der Waals surface area contributed by atoms with E-state index in [4.69, 9.17) is 15.0 Å². The third-order valence-corrected chi connectivity index (χ3v) is 1.25. The fraction of sp³-hybridized carbons (Fsp3) is 0.429. The third-order valence-electron chi connectivity index (χ3n) is 1.25. The van der Waals surface area contributed by atoms with E-state index < -0.39 is 0 Å². The van der Waals surface area contributed by atoms with Crippen LogP contribution in [0, 0.1) is 0 Å². The van der Waals surface area contributed by atoms with E-state index in [0.29, 0.717) is 12.2 Å². The largest absolute Gasteiger partial charge is 0.404 e. The van der Waals surface area contributed by atoms with Crippen LogP contribution in [-0.2, 0) is 11.3 Å². The number of aromatic nitrogens is 1. The van der Waals surface area contributed by atoms with E-state index in [9.17, 15) is 4.79 Å². The summed E-state index contributed by atoms with van der Waals surface area (Å²) in [5, 5.41) is 3.48. The topological polar surface area (TPSA) is 78.4 Å². The van der Waals surface area contributed by atoms with E-state index in [-0.39, 0.29) is 18.4 Å². The minimum atomic E-state index is -0.341. The zero-order valence-electron chi connectivity index (χ0n) is 6.74. The Labute approximate surface area is 69.5 Å². The van der Waals surface area contributed by atoms with Crippen molar-refractivity contribution in [3.05, 3.63) is 11.8 Å². The Bertz CT molecular complexity index is 269. The lowest BCUT2D eigenvalue weighted by atomic mass is 10.4. The van der Waals surface area contributed by atoms with Crippen LogP contribution < -0.4 is 10.5 Å². The monoisotopic (exact) mass is 170 g/mol. The van der Waals surface area contributed by atoms with Crippen LogP contribution in [0.15, 0.2) is 10.6 Å². The van der Waals surface area contributed by atoms with Gasteiger partial charge in [0.25, 0.3) is 5.88 Å². The Kier molecular flexibility index (Phi) is 2.82. The van der Waals surface area contributed by atoms with Gasteiger partial charge in [0.15, 0.2) is 5.76 Å². The highest BCUT2D eigenvalue weighted by Gasteiger charge is 2.06. The van der Waals surface area contributed by atoms with Crippen molar-refractivity contribution in [1.29, 1.82) is 0 Å². The van der Waals surface area contributed by atoms with Gasteiger partial charge < -0.3 is 15.0 Å². The number of hydrogen-bond donors (Lipinski definition) is 1. The normalized spacial score (nSPS) is 9.83. The van der Waals surface area contributed by atoms with Crippen LogP contribution in [-0.4, -0.2) is 11.1 Å². The zero-order chi connectivity index (χ0) is 8.97. The van der Waals surface area contributed by atoms with Gasteiger partial charge >= 0.3 is 5.97 Å². The number of rotatable bonds is 3. The molecule has 1 heterocycles. The Morgan fingerprint density at radius 2 is 2.58 bits per heavy atom. The van der Waals surface area contributed by atoms with Crippen LogP contribution in [0.3, 0.4) is 0 Å². The lowest BCUT2D eigenvalue weighted by molar-refractivity contribution is -0.134. The predicted octanol–water partition coefficient (Wildman–Crippen LogP) is 0.449. The lowest BCUT2D eigenvalue weighted by Gasteiger charge is -1.93. The molecular formula is C7H10N2O3. The van der Waals surface area contributed by atoms with Crippen molar-refractivity contribution >= 4 is 5.97 Å². The van der Waals surface area contributed by atoms with Crippen molar-refractivity contribution < 1.29 is 14.1 Å². The maximum absolute atomic E-state index is 10.7. The van der Waals surface area contributed by atoms with Crippen LogP contribution >= 0.6 is 0 Å². The van der Waals surface area contributed by atoms with Gasteiger partial charge in [0, 0.05) is 12.5 Å². The highest BCUT2D eigenvalue weighted by atomic mass is 16.6. The molecule has 2 N–H and O–H groups in total. The standard InChI is InChI=1S/C7H10N2O3/c1-2-7(10)11-6-3-5(4-8)12-9-6/h3H,2,4,8H2,1H3. The molecule has 1 aromatic heterocycles. The molecule has 0 radical (unpaired) electrons. The Hall–Kier alpha value is -1.36. The Morgan fingerprint density at radius 3 is 3.08 bits per heavy atom. The molecule has 5 heteroatoms. The SMILES string of the molecule is CCC(=O)Oc1cc(CN)on1. The summed E-state index contributed by atoms with van der Waals surface area (Å²) in [6.07, 6.45) is 0.310. The number of ether oxygens (including phenoxy) is 1. The van der Waals surface area contributed by atoms with Gasteiger partial charge in [0.05, 0.1) is 6.54 Å². The fourth-order valence-electron chi connectivity index (χ4n) is 0.627. The molecule has 0 saturated heterocycles. The van der Waals surface area contributed by atoms with E-state index in [2.05, 4.69) is 5.16 Å². The summed E-state index contributed by atoms with van der Waals surface area (Å²) in [5.41, 5.74) is 5.25. The molecule has 1 aromatic rings. The minimum absolute atomic E-state index is 0.169. The average molecular weight is 170 g/mol. The average Bonchev–Trinajstić information content (AvgIpc) is 2.52. The van der Waals surface area contributed by atoms with Crippen molar-refractivity contribution in [3.8, 4) is 5.88 Å². The lowest BCUT2D eigenvalue weighted by Crippen LogP contribution is -2.05. The molecule has 0 bridgehead atoms. The first-order valence-corrected chi connectivity index (χ1v) is 3.62. The van der Waals surface area contributed by atoms with Gasteiger partial charge in [-0.15, -0.1) is 0 Å². The molecule has 0 aliphatic carbocycles. The number of carbonyl (C=O) groups excluding carboxylic acids is 1. The second-order valence-corrected chi connectivity index (χ2v) is 2.16. The smallest absolute Gasteiger partial charge is 0.312 e. The summed E-state index contributed by atoms with van der Waals surface area (Å²) < 4.78 is 9.45. The molecule has 5 nitrogen and oxygen atoms in total. The summed E-state index contributed by atoms with van der Waals surface area (Å²) in [4.78, 5) is 10.7. The molecule has 66 valence electrons. The third kappa shape index (κ3) is 2.06. The molecule has 0 fully saturated rings. The van der Waals surface area contributed by atoms with Gasteiger partial charge in [0.1, 0.15) is 0 Å². The molecule has 0 saturated carbocycles. The molecule has 0 aliphatic heterocycles. The van der Waals surface area contributed by atoms with Crippen LogP contribution in [0.1, 0.15) is 19.1 Å². The van der Waals surface area contributed by atoms with E-state index in [1.165, 1.54) is 6.07 Å². The first kappa shape index (κ1) is 8.73. The second kappa shape index (κ2) is 3.87. The number of nitrogens with zero attached hydrogens (tertiary/aromatic N) is 1. The highest BCUT2D eigenvalue weighted by molar-refractivity contribution is 5.71. The molecule has 0 atom stereocenters. The van der Waals surface area contributed by atoms with Gasteiger partial charge in [-0.1, -0.05) is 6.92 Å². The van der Waals surface area contributed by atoms with Crippen molar-refractivity contribution in [2.24, 2.45) is 5.73 Å². The first-order valence-electron chi connectivity index (χ1n) is 3.62.